The molecule has 0 aliphatic carbocycles. The number of benzene rings is 1. The van der Waals surface area contributed by atoms with E-state index in [4.69, 9.17) is 17.0 Å². The molecule has 1 aliphatic rings. The van der Waals surface area contributed by atoms with Crippen molar-refractivity contribution in [3.05, 3.63) is 42.7 Å². The minimum absolute atomic E-state index is 0.152. The highest BCUT2D eigenvalue weighted by atomic mass is 32.2. The highest BCUT2D eigenvalue weighted by molar-refractivity contribution is 7.89. The summed E-state index contributed by atoms with van der Waals surface area (Å²) in [6, 6.07) is 8.49. The van der Waals surface area contributed by atoms with Crippen LogP contribution in [0.1, 0.15) is 19.3 Å². The molecule has 1 saturated heterocycles. The van der Waals surface area contributed by atoms with Gasteiger partial charge in [-0.05, 0) is 49.3 Å². The standard InChI is InChI=1S/C18H22N4O3S2/c1-25-15-7-8-16(21-18(26)20-14-6-5-9-19-13-14)17(12-15)27(23,24)22-10-3-2-4-11-22/h5-9,12-13H,2-4,10-11H2,1H3,(H2,20,21,26). The van der Waals surface area contributed by atoms with Crippen LogP contribution in [0.5, 0.6) is 5.75 Å². The summed E-state index contributed by atoms with van der Waals surface area (Å²) in [4.78, 5) is 4.17. The van der Waals surface area contributed by atoms with E-state index >= 15 is 0 Å². The van der Waals surface area contributed by atoms with Crippen LogP contribution in [0.3, 0.4) is 0 Å². The summed E-state index contributed by atoms with van der Waals surface area (Å²) >= 11 is 5.33. The minimum atomic E-state index is -3.65. The fourth-order valence-corrected chi connectivity index (χ4v) is 4.82. The number of nitrogens with zero attached hydrogens (tertiary/aromatic N) is 2. The average Bonchev–Trinajstić information content (AvgIpc) is 2.69. The Morgan fingerprint density at radius 2 is 1.96 bits per heavy atom. The second kappa shape index (κ2) is 8.64. The van der Waals surface area contributed by atoms with Gasteiger partial charge in [-0.25, -0.2) is 8.42 Å². The van der Waals surface area contributed by atoms with Gasteiger partial charge in [0.1, 0.15) is 10.6 Å². The van der Waals surface area contributed by atoms with Crippen LogP contribution in [0, 0.1) is 0 Å². The van der Waals surface area contributed by atoms with Crippen LogP contribution < -0.4 is 15.4 Å². The van der Waals surface area contributed by atoms with Crippen molar-refractivity contribution in [1.29, 1.82) is 0 Å². The molecule has 0 unspecified atom stereocenters. The number of methoxy groups -OCH3 is 1. The van der Waals surface area contributed by atoms with E-state index in [2.05, 4.69) is 15.6 Å². The maximum atomic E-state index is 13.2. The molecule has 2 N–H and O–H groups in total. The Morgan fingerprint density at radius 1 is 1.19 bits per heavy atom. The maximum Gasteiger partial charge on any atom is 0.245 e. The Morgan fingerprint density at radius 3 is 2.63 bits per heavy atom. The van der Waals surface area contributed by atoms with Gasteiger partial charge in [0.25, 0.3) is 0 Å². The first-order valence-electron chi connectivity index (χ1n) is 8.67. The van der Waals surface area contributed by atoms with Gasteiger partial charge in [0.2, 0.25) is 10.0 Å². The third-order valence-electron chi connectivity index (χ3n) is 4.29. The molecule has 1 aliphatic heterocycles. The Labute approximate surface area is 164 Å². The number of nitrogens with one attached hydrogen (secondary N) is 2. The first-order chi connectivity index (χ1) is 13.0. The van der Waals surface area contributed by atoms with Gasteiger partial charge in [-0.1, -0.05) is 6.42 Å². The lowest BCUT2D eigenvalue weighted by molar-refractivity contribution is 0.346. The molecule has 0 amide bonds. The zero-order valence-corrected chi connectivity index (χ0v) is 16.6. The molecule has 0 saturated carbocycles. The number of piperidine rings is 1. The van der Waals surface area contributed by atoms with Gasteiger partial charge in [-0.2, -0.15) is 4.31 Å². The fourth-order valence-electron chi connectivity index (χ4n) is 2.91. The third kappa shape index (κ3) is 4.74. The predicted molar refractivity (Wildman–Crippen MR) is 110 cm³/mol. The van der Waals surface area contributed by atoms with E-state index in [1.165, 1.54) is 17.5 Å². The summed E-state index contributed by atoms with van der Waals surface area (Å²) in [6.07, 6.45) is 6.08. The fraction of sp³-hybridized carbons (Fsp3) is 0.333. The molecule has 7 nitrogen and oxygen atoms in total. The largest absolute Gasteiger partial charge is 0.497 e. The number of aromatic nitrogens is 1. The number of rotatable bonds is 5. The molecule has 1 fully saturated rings. The van der Waals surface area contributed by atoms with Crippen molar-refractivity contribution in [2.24, 2.45) is 0 Å². The maximum absolute atomic E-state index is 13.2. The molecule has 3 rings (SSSR count). The van der Waals surface area contributed by atoms with E-state index in [1.54, 1.807) is 30.6 Å². The quantitative estimate of drug-likeness (QED) is 0.738. The number of sulfonamides is 1. The first kappa shape index (κ1) is 19.5. The Kier molecular flexibility index (Phi) is 6.25. The summed E-state index contributed by atoms with van der Waals surface area (Å²) in [7, 11) is -2.14. The molecule has 0 radical (unpaired) electrons. The molecular weight excluding hydrogens is 384 g/mol. The second-order valence-corrected chi connectivity index (χ2v) is 8.46. The Hall–Kier alpha value is -2.23. The molecule has 0 spiro atoms. The van der Waals surface area contributed by atoms with Crippen LogP contribution in [0.4, 0.5) is 11.4 Å². The summed E-state index contributed by atoms with van der Waals surface area (Å²) in [5.74, 6) is 0.474. The molecule has 1 aromatic heterocycles. The third-order valence-corrected chi connectivity index (χ3v) is 6.43. The van der Waals surface area contributed by atoms with Crippen LogP contribution in [0.2, 0.25) is 0 Å². The van der Waals surface area contributed by atoms with Gasteiger partial charge in [0, 0.05) is 25.4 Å². The summed E-state index contributed by atoms with van der Waals surface area (Å²) in [5, 5.41) is 6.26. The van der Waals surface area contributed by atoms with Crippen molar-refractivity contribution in [2.45, 2.75) is 24.2 Å². The van der Waals surface area contributed by atoms with Crippen molar-refractivity contribution < 1.29 is 13.2 Å². The van der Waals surface area contributed by atoms with Gasteiger partial charge in [0.05, 0.1) is 24.7 Å². The molecule has 144 valence electrons. The van der Waals surface area contributed by atoms with Gasteiger partial charge < -0.3 is 15.4 Å². The molecular formula is C18H22N4O3S2. The normalized spacial score (nSPS) is 15.1. The molecule has 27 heavy (non-hydrogen) atoms. The zero-order valence-electron chi connectivity index (χ0n) is 15.0. The van der Waals surface area contributed by atoms with E-state index in [0.29, 0.717) is 30.2 Å². The summed E-state index contributed by atoms with van der Waals surface area (Å²) in [5.41, 5.74) is 1.12. The number of anilines is 2. The van der Waals surface area contributed by atoms with E-state index in [0.717, 1.165) is 19.3 Å². The van der Waals surface area contributed by atoms with Gasteiger partial charge in [0.15, 0.2) is 5.11 Å². The highest BCUT2D eigenvalue weighted by Crippen LogP contribution is 2.30. The molecule has 0 atom stereocenters. The number of hydrogen-bond acceptors (Lipinski definition) is 5. The predicted octanol–water partition coefficient (Wildman–Crippen LogP) is 3.07. The molecule has 9 heteroatoms. The van der Waals surface area contributed by atoms with E-state index in [9.17, 15) is 8.42 Å². The van der Waals surface area contributed by atoms with Crippen molar-refractivity contribution in [2.75, 3.05) is 30.8 Å². The van der Waals surface area contributed by atoms with Crippen LogP contribution in [0.15, 0.2) is 47.6 Å². The number of pyridine rings is 1. The van der Waals surface area contributed by atoms with E-state index in [-0.39, 0.29) is 10.0 Å². The lowest BCUT2D eigenvalue weighted by atomic mass is 10.2. The summed E-state index contributed by atoms with van der Waals surface area (Å²) in [6.45, 7) is 1.05. The smallest absolute Gasteiger partial charge is 0.245 e. The van der Waals surface area contributed by atoms with Gasteiger partial charge >= 0.3 is 0 Å². The van der Waals surface area contributed by atoms with Crippen LogP contribution in [-0.2, 0) is 10.0 Å². The lowest BCUT2D eigenvalue weighted by Crippen LogP contribution is -2.36. The van der Waals surface area contributed by atoms with E-state index in [1.807, 2.05) is 6.07 Å². The van der Waals surface area contributed by atoms with Crippen LogP contribution in [0.25, 0.3) is 0 Å². The molecule has 2 heterocycles. The average molecular weight is 407 g/mol. The Balaban J connectivity index is 1.87. The van der Waals surface area contributed by atoms with Crippen molar-refractivity contribution >= 4 is 38.7 Å². The molecule has 1 aromatic carbocycles. The Bertz CT molecular complexity index is 898. The zero-order chi connectivity index (χ0) is 19.3. The SMILES string of the molecule is COc1ccc(NC(=S)Nc2cccnc2)c(S(=O)(=O)N2CCCCC2)c1. The van der Waals surface area contributed by atoms with Gasteiger partial charge in [-0.15, -0.1) is 0 Å². The lowest BCUT2D eigenvalue weighted by Gasteiger charge is -2.27. The number of ether oxygens (including phenoxy) is 1. The summed E-state index contributed by atoms with van der Waals surface area (Å²) < 4.78 is 33.1. The van der Waals surface area contributed by atoms with Crippen molar-refractivity contribution in [3.8, 4) is 5.75 Å². The van der Waals surface area contributed by atoms with Crippen molar-refractivity contribution in [3.63, 3.8) is 0 Å². The molecule has 0 bridgehead atoms. The van der Waals surface area contributed by atoms with Crippen molar-refractivity contribution in [1.82, 2.24) is 9.29 Å². The number of thiocarbonyl (C=S) groups is 1. The highest BCUT2D eigenvalue weighted by Gasteiger charge is 2.29. The first-order valence-corrected chi connectivity index (χ1v) is 10.5. The monoisotopic (exact) mass is 406 g/mol. The van der Waals surface area contributed by atoms with E-state index < -0.39 is 10.0 Å². The van der Waals surface area contributed by atoms with Gasteiger partial charge in [-0.3, -0.25) is 4.98 Å². The minimum Gasteiger partial charge on any atom is -0.497 e. The molecule has 2 aromatic rings. The second-order valence-electron chi connectivity index (χ2n) is 6.15. The van der Waals surface area contributed by atoms with Crippen LogP contribution in [-0.4, -0.2) is 43.0 Å². The number of hydrogen-bond donors (Lipinski definition) is 2. The van der Waals surface area contributed by atoms with Crippen LogP contribution >= 0.6 is 12.2 Å². The topological polar surface area (TPSA) is 83.6 Å².